The molecule has 0 amide bonds. The minimum absolute atomic E-state index is 0.155. The number of hydrogen-bond donors (Lipinski definition) is 2. The number of nitrogens with one attached hydrogen (secondary N) is 2. The third-order valence-corrected chi connectivity index (χ3v) is 5.20. The summed E-state index contributed by atoms with van der Waals surface area (Å²) in [5.41, 5.74) is 2.28. The Bertz CT molecular complexity index is 846. The standard InChI is InChI=1S/C19H24N8O/c1-27-5-6-28-15(12-27)10-22-16-7-17(25-26-19(16)13-3-2-4-13)24-18-11-21-14(8-20)9-23-18/h7,9,11,13,15H,2-6,10,12H2,1H3,(H2,22,23,24,25). The van der Waals surface area contributed by atoms with Crippen LogP contribution in [0.5, 0.6) is 0 Å². The molecule has 2 fully saturated rings. The first-order valence-corrected chi connectivity index (χ1v) is 9.62. The fraction of sp³-hybridized carbons (Fsp3) is 0.526. The van der Waals surface area contributed by atoms with E-state index in [0.717, 1.165) is 50.5 Å². The lowest BCUT2D eigenvalue weighted by molar-refractivity contribution is -0.0117. The number of ether oxygens (including phenoxy) is 1. The van der Waals surface area contributed by atoms with Gasteiger partial charge < -0.3 is 20.3 Å². The predicted octanol–water partition coefficient (Wildman–Crippen LogP) is 1.89. The molecule has 146 valence electrons. The van der Waals surface area contributed by atoms with Crippen LogP contribution in [0, 0.1) is 11.3 Å². The second kappa shape index (κ2) is 8.46. The van der Waals surface area contributed by atoms with Gasteiger partial charge in [-0.15, -0.1) is 5.10 Å². The van der Waals surface area contributed by atoms with Crippen LogP contribution in [0.2, 0.25) is 0 Å². The van der Waals surface area contributed by atoms with E-state index in [1.807, 2.05) is 12.1 Å². The molecule has 2 aliphatic rings. The largest absolute Gasteiger partial charge is 0.381 e. The van der Waals surface area contributed by atoms with Crippen molar-refractivity contribution in [1.82, 2.24) is 25.1 Å². The first-order chi connectivity index (χ1) is 13.7. The number of aromatic nitrogens is 4. The van der Waals surface area contributed by atoms with Gasteiger partial charge in [0.15, 0.2) is 11.5 Å². The molecule has 1 saturated heterocycles. The molecule has 0 spiro atoms. The molecule has 0 bridgehead atoms. The molecule has 2 aromatic heterocycles. The van der Waals surface area contributed by atoms with Crippen molar-refractivity contribution in [3.63, 3.8) is 0 Å². The minimum Gasteiger partial charge on any atom is -0.381 e. The highest BCUT2D eigenvalue weighted by Gasteiger charge is 2.25. The summed E-state index contributed by atoms with van der Waals surface area (Å²) in [7, 11) is 2.12. The second-order valence-corrected chi connectivity index (χ2v) is 7.32. The van der Waals surface area contributed by atoms with E-state index in [9.17, 15) is 0 Å². The zero-order valence-corrected chi connectivity index (χ0v) is 15.9. The molecule has 4 rings (SSSR count). The Balaban J connectivity index is 1.48. The van der Waals surface area contributed by atoms with Gasteiger partial charge in [-0.2, -0.15) is 10.4 Å². The summed E-state index contributed by atoms with van der Waals surface area (Å²) >= 11 is 0. The molecule has 2 aromatic rings. The number of rotatable bonds is 6. The van der Waals surface area contributed by atoms with Crippen LogP contribution >= 0.6 is 0 Å². The molecule has 1 saturated carbocycles. The van der Waals surface area contributed by atoms with Gasteiger partial charge in [0, 0.05) is 31.6 Å². The lowest BCUT2D eigenvalue weighted by Crippen LogP contribution is -2.43. The molecule has 2 N–H and O–H groups in total. The molecule has 9 heteroatoms. The quantitative estimate of drug-likeness (QED) is 0.776. The van der Waals surface area contributed by atoms with Crippen molar-refractivity contribution in [2.75, 3.05) is 43.9 Å². The summed E-state index contributed by atoms with van der Waals surface area (Å²) in [6.45, 7) is 3.37. The first kappa shape index (κ1) is 18.5. The highest BCUT2D eigenvalue weighted by Crippen LogP contribution is 2.39. The van der Waals surface area contributed by atoms with Gasteiger partial charge in [-0.3, -0.25) is 0 Å². The highest BCUT2D eigenvalue weighted by atomic mass is 16.5. The van der Waals surface area contributed by atoms with Gasteiger partial charge in [0.1, 0.15) is 11.9 Å². The summed E-state index contributed by atoms with van der Waals surface area (Å²) in [6, 6.07) is 3.92. The van der Waals surface area contributed by atoms with Crippen molar-refractivity contribution in [3.8, 4) is 6.07 Å². The highest BCUT2D eigenvalue weighted by molar-refractivity contribution is 5.60. The smallest absolute Gasteiger partial charge is 0.158 e. The van der Waals surface area contributed by atoms with Crippen LogP contribution in [0.3, 0.4) is 0 Å². The van der Waals surface area contributed by atoms with Gasteiger partial charge in [-0.25, -0.2) is 9.97 Å². The van der Waals surface area contributed by atoms with E-state index < -0.39 is 0 Å². The first-order valence-electron chi connectivity index (χ1n) is 9.62. The maximum atomic E-state index is 8.83. The van der Waals surface area contributed by atoms with E-state index >= 15 is 0 Å². The number of likely N-dealkylation sites (N-methyl/N-ethyl adjacent to an activating group) is 1. The van der Waals surface area contributed by atoms with E-state index in [1.54, 1.807) is 0 Å². The third-order valence-electron chi connectivity index (χ3n) is 5.20. The van der Waals surface area contributed by atoms with E-state index in [0.29, 0.717) is 17.6 Å². The van der Waals surface area contributed by atoms with Crippen molar-refractivity contribution in [3.05, 3.63) is 29.8 Å². The zero-order valence-electron chi connectivity index (χ0n) is 15.9. The SMILES string of the molecule is CN1CCOC(CNc2cc(Nc3cnc(C#N)cn3)nnc2C2CCC2)C1. The Morgan fingerprint density at radius 1 is 1.25 bits per heavy atom. The van der Waals surface area contributed by atoms with Gasteiger partial charge in [0.25, 0.3) is 0 Å². The summed E-state index contributed by atoms with van der Waals surface area (Å²) < 4.78 is 5.86. The van der Waals surface area contributed by atoms with Crippen LogP contribution in [-0.2, 0) is 4.74 Å². The molecule has 1 unspecified atom stereocenters. The average Bonchev–Trinajstić information content (AvgIpc) is 2.67. The molecular weight excluding hydrogens is 356 g/mol. The van der Waals surface area contributed by atoms with E-state index in [-0.39, 0.29) is 11.8 Å². The van der Waals surface area contributed by atoms with Crippen LogP contribution in [0.4, 0.5) is 17.3 Å². The summed E-state index contributed by atoms with van der Waals surface area (Å²) in [6.07, 6.45) is 6.64. The number of anilines is 3. The monoisotopic (exact) mass is 380 g/mol. The van der Waals surface area contributed by atoms with Crippen LogP contribution < -0.4 is 10.6 Å². The lowest BCUT2D eigenvalue weighted by Gasteiger charge is -2.31. The lowest BCUT2D eigenvalue weighted by atomic mass is 9.82. The fourth-order valence-corrected chi connectivity index (χ4v) is 3.38. The van der Waals surface area contributed by atoms with Crippen LogP contribution in [0.25, 0.3) is 0 Å². The van der Waals surface area contributed by atoms with Crippen molar-refractivity contribution in [2.24, 2.45) is 0 Å². The molecule has 1 aliphatic heterocycles. The molecule has 1 atom stereocenters. The van der Waals surface area contributed by atoms with Crippen LogP contribution in [-0.4, -0.2) is 64.5 Å². The minimum atomic E-state index is 0.155. The molecular formula is C19H24N8O. The van der Waals surface area contributed by atoms with E-state index in [2.05, 4.69) is 42.7 Å². The normalized spacial score (nSPS) is 20.2. The Labute approximate surface area is 164 Å². The molecule has 3 heterocycles. The van der Waals surface area contributed by atoms with Gasteiger partial charge >= 0.3 is 0 Å². The Kier molecular flexibility index (Phi) is 5.60. The maximum absolute atomic E-state index is 8.83. The Hall–Kier alpha value is -2.83. The van der Waals surface area contributed by atoms with Crippen molar-refractivity contribution >= 4 is 17.3 Å². The summed E-state index contributed by atoms with van der Waals surface area (Å²) in [5.74, 6) is 1.58. The number of nitriles is 1. The zero-order chi connectivity index (χ0) is 19.3. The number of morpholine rings is 1. The summed E-state index contributed by atoms with van der Waals surface area (Å²) in [4.78, 5) is 10.5. The van der Waals surface area contributed by atoms with Crippen molar-refractivity contribution in [2.45, 2.75) is 31.3 Å². The second-order valence-electron chi connectivity index (χ2n) is 7.32. The molecule has 28 heavy (non-hydrogen) atoms. The van der Waals surface area contributed by atoms with Gasteiger partial charge in [0.05, 0.1) is 36.5 Å². The molecule has 9 nitrogen and oxygen atoms in total. The number of nitrogens with zero attached hydrogens (tertiary/aromatic N) is 6. The van der Waals surface area contributed by atoms with Crippen molar-refractivity contribution < 1.29 is 4.74 Å². The average molecular weight is 380 g/mol. The fourth-order valence-electron chi connectivity index (χ4n) is 3.38. The Morgan fingerprint density at radius 3 is 2.82 bits per heavy atom. The van der Waals surface area contributed by atoms with Gasteiger partial charge in [0.2, 0.25) is 0 Å². The Morgan fingerprint density at radius 2 is 2.14 bits per heavy atom. The van der Waals surface area contributed by atoms with Crippen molar-refractivity contribution in [1.29, 1.82) is 5.26 Å². The van der Waals surface area contributed by atoms with Crippen LogP contribution in [0.1, 0.15) is 36.6 Å². The third kappa shape index (κ3) is 4.35. The molecule has 0 aromatic carbocycles. The summed E-state index contributed by atoms with van der Waals surface area (Å²) in [5, 5.41) is 24.3. The van der Waals surface area contributed by atoms with Crippen LogP contribution in [0.15, 0.2) is 18.5 Å². The van der Waals surface area contributed by atoms with Gasteiger partial charge in [-0.05, 0) is 19.9 Å². The molecule has 1 aliphatic carbocycles. The van der Waals surface area contributed by atoms with Gasteiger partial charge in [-0.1, -0.05) is 6.42 Å². The predicted molar refractivity (Wildman–Crippen MR) is 104 cm³/mol. The van der Waals surface area contributed by atoms with E-state index in [4.69, 9.17) is 10.00 Å². The molecule has 0 radical (unpaired) electrons. The van der Waals surface area contributed by atoms with E-state index in [1.165, 1.54) is 18.8 Å². The topological polar surface area (TPSA) is 112 Å². The maximum Gasteiger partial charge on any atom is 0.158 e. The number of hydrogen-bond acceptors (Lipinski definition) is 9.